The average Bonchev–Trinajstić information content (AvgIpc) is 2.37. The monoisotopic (exact) mass is 280 g/mol. The van der Waals surface area contributed by atoms with Crippen LogP contribution in [-0.4, -0.2) is 17.2 Å². The van der Waals surface area contributed by atoms with E-state index in [9.17, 15) is 22.8 Å². The molecule has 0 fully saturated rings. The fraction of sp³-hybridized carbons (Fsp3) is 0. The van der Waals surface area contributed by atoms with Crippen LogP contribution in [0.3, 0.4) is 0 Å². The molecule has 4 nitrogen and oxygen atoms in total. The molecule has 1 heterocycles. The van der Waals surface area contributed by atoms with E-state index in [1.165, 1.54) is 18.2 Å². The van der Waals surface area contributed by atoms with Crippen LogP contribution in [0.15, 0.2) is 30.3 Å². The number of amides is 1. The van der Waals surface area contributed by atoms with Crippen molar-refractivity contribution in [1.29, 1.82) is 0 Å². The lowest BCUT2D eigenvalue weighted by Gasteiger charge is -2.07. The molecule has 102 valence electrons. The zero-order chi connectivity index (χ0) is 14.7. The van der Waals surface area contributed by atoms with Crippen LogP contribution in [0.1, 0.15) is 20.8 Å². The highest BCUT2D eigenvalue weighted by molar-refractivity contribution is 6.04. The summed E-state index contributed by atoms with van der Waals surface area (Å²) < 4.78 is 39.5. The Morgan fingerprint density at radius 3 is 2.40 bits per heavy atom. The molecule has 0 aliphatic carbocycles. The van der Waals surface area contributed by atoms with Crippen molar-refractivity contribution in [3.8, 4) is 0 Å². The average molecular weight is 280 g/mol. The van der Waals surface area contributed by atoms with Gasteiger partial charge in [-0.1, -0.05) is 6.07 Å². The van der Waals surface area contributed by atoms with Crippen molar-refractivity contribution >= 4 is 18.0 Å². The van der Waals surface area contributed by atoms with Crippen LogP contribution >= 0.6 is 0 Å². The minimum absolute atomic E-state index is 0.0443. The number of nitrogens with one attached hydrogen (secondary N) is 1. The van der Waals surface area contributed by atoms with Crippen molar-refractivity contribution in [2.45, 2.75) is 0 Å². The predicted octanol–water partition coefficient (Wildman–Crippen LogP) is 2.56. The Hall–Kier alpha value is -2.70. The maximum atomic E-state index is 13.4. The van der Waals surface area contributed by atoms with Crippen molar-refractivity contribution in [3.05, 3.63) is 59.0 Å². The Morgan fingerprint density at radius 2 is 1.80 bits per heavy atom. The molecule has 0 saturated heterocycles. The maximum absolute atomic E-state index is 13.4. The number of hydrogen-bond acceptors (Lipinski definition) is 3. The molecule has 0 aliphatic heterocycles. The summed E-state index contributed by atoms with van der Waals surface area (Å²) in [7, 11) is 0. The van der Waals surface area contributed by atoms with Gasteiger partial charge in [0.15, 0.2) is 6.29 Å². The Bertz CT molecular complexity index is 666. The molecule has 0 aliphatic rings. The SMILES string of the molecule is O=Cc1cccc(NC(=O)c2c(F)cc(F)cc2F)n1. The normalized spacial score (nSPS) is 10.2. The third-order valence-corrected chi connectivity index (χ3v) is 2.37. The van der Waals surface area contributed by atoms with Gasteiger partial charge in [-0.15, -0.1) is 0 Å². The van der Waals surface area contributed by atoms with Crippen molar-refractivity contribution in [2.75, 3.05) is 5.32 Å². The molecule has 1 aromatic heterocycles. The number of aldehydes is 1. The summed E-state index contributed by atoms with van der Waals surface area (Å²) in [5.74, 6) is -4.96. The summed E-state index contributed by atoms with van der Waals surface area (Å²) in [5, 5.41) is 2.12. The number of carbonyl (C=O) groups is 2. The molecule has 0 spiro atoms. The number of halogens is 3. The van der Waals surface area contributed by atoms with Crippen molar-refractivity contribution in [3.63, 3.8) is 0 Å². The van der Waals surface area contributed by atoms with Gasteiger partial charge >= 0.3 is 0 Å². The highest BCUT2D eigenvalue weighted by atomic mass is 19.1. The van der Waals surface area contributed by atoms with E-state index in [-0.39, 0.29) is 11.5 Å². The molecular weight excluding hydrogens is 273 g/mol. The molecule has 20 heavy (non-hydrogen) atoms. The first kappa shape index (κ1) is 13.7. The van der Waals surface area contributed by atoms with E-state index in [4.69, 9.17) is 0 Å². The molecule has 0 saturated carbocycles. The molecule has 1 aromatic carbocycles. The summed E-state index contributed by atoms with van der Waals surface area (Å²) in [4.78, 5) is 26.0. The second kappa shape index (κ2) is 5.52. The minimum atomic E-state index is -1.33. The maximum Gasteiger partial charge on any atom is 0.262 e. The number of benzene rings is 1. The van der Waals surface area contributed by atoms with Gasteiger partial charge in [-0.25, -0.2) is 18.2 Å². The first-order valence-electron chi connectivity index (χ1n) is 5.39. The topological polar surface area (TPSA) is 59.1 Å². The van der Waals surface area contributed by atoms with Crippen LogP contribution in [0.25, 0.3) is 0 Å². The lowest BCUT2D eigenvalue weighted by Crippen LogP contribution is -2.17. The summed E-state index contributed by atoms with van der Waals surface area (Å²) in [6.45, 7) is 0. The predicted molar refractivity (Wildman–Crippen MR) is 63.9 cm³/mol. The zero-order valence-electron chi connectivity index (χ0n) is 9.86. The fourth-order valence-corrected chi connectivity index (χ4v) is 1.52. The third-order valence-electron chi connectivity index (χ3n) is 2.37. The number of rotatable bonds is 3. The quantitative estimate of drug-likeness (QED) is 0.879. The van der Waals surface area contributed by atoms with E-state index >= 15 is 0 Å². The molecule has 2 rings (SSSR count). The van der Waals surface area contributed by atoms with Crippen LogP contribution in [0.5, 0.6) is 0 Å². The first-order valence-corrected chi connectivity index (χ1v) is 5.39. The zero-order valence-corrected chi connectivity index (χ0v) is 9.86. The molecule has 1 amide bonds. The van der Waals surface area contributed by atoms with Crippen LogP contribution in [0, 0.1) is 17.5 Å². The number of carbonyl (C=O) groups excluding carboxylic acids is 2. The number of anilines is 1. The Morgan fingerprint density at radius 1 is 1.15 bits per heavy atom. The van der Waals surface area contributed by atoms with Gasteiger partial charge < -0.3 is 5.32 Å². The van der Waals surface area contributed by atoms with E-state index in [2.05, 4.69) is 10.3 Å². The van der Waals surface area contributed by atoms with Crippen LogP contribution in [-0.2, 0) is 0 Å². The largest absolute Gasteiger partial charge is 0.306 e. The van der Waals surface area contributed by atoms with E-state index in [0.717, 1.165) is 0 Å². The summed E-state index contributed by atoms with van der Waals surface area (Å²) in [5.41, 5.74) is -0.882. The lowest BCUT2D eigenvalue weighted by molar-refractivity contribution is 0.101. The lowest BCUT2D eigenvalue weighted by atomic mass is 10.2. The molecule has 2 aromatic rings. The number of hydrogen-bond donors (Lipinski definition) is 1. The number of pyridine rings is 1. The van der Waals surface area contributed by atoms with E-state index in [1.807, 2.05) is 0 Å². The van der Waals surface area contributed by atoms with Gasteiger partial charge in [-0.05, 0) is 12.1 Å². The molecule has 7 heteroatoms. The molecule has 0 bridgehead atoms. The van der Waals surface area contributed by atoms with Gasteiger partial charge in [-0.3, -0.25) is 9.59 Å². The van der Waals surface area contributed by atoms with Gasteiger partial charge in [-0.2, -0.15) is 0 Å². The smallest absolute Gasteiger partial charge is 0.262 e. The van der Waals surface area contributed by atoms with Crippen LogP contribution < -0.4 is 5.32 Å². The molecule has 0 unspecified atom stereocenters. The number of nitrogens with zero attached hydrogens (tertiary/aromatic N) is 1. The summed E-state index contributed by atoms with van der Waals surface area (Å²) in [6, 6.07) is 4.95. The highest BCUT2D eigenvalue weighted by Gasteiger charge is 2.19. The Balaban J connectivity index is 2.30. The Labute approximate surface area is 111 Å². The van der Waals surface area contributed by atoms with E-state index in [1.54, 1.807) is 0 Å². The van der Waals surface area contributed by atoms with Crippen LogP contribution in [0.4, 0.5) is 19.0 Å². The second-order valence-electron chi connectivity index (χ2n) is 3.76. The third kappa shape index (κ3) is 2.82. The van der Waals surface area contributed by atoms with Gasteiger partial charge in [0.1, 0.15) is 34.5 Å². The van der Waals surface area contributed by atoms with Crippen molar-refractivity contribution in [1.82, 2.24) is 4.98 Å². The van der Waals surface area contributed by atoms with Crippen molar-refractivity contribution < 1.29 is 22.8 Å². The molecule has 1 N–H and O–H groups in total. The van der Waals surface area contributed by atoms with Gasteiger partial charge in [0.2, 0.25) is 0 Å². The Kier molecular flexibility index (Phi) is 3.79. The minimum Gasteiger partial charge on any atom is -0.306 e. The standard InChI is InChI=1S/C13H7F3N2O2/c14-7-4-9(15)12(10(16)5-7)13(20)18-11-3-1-2-8(6-19)17-11/h1-6H,(H,17,18,20). The van der Waals surface area contributed by atoms with Crippen LogP contribution in [0.2, 0.25) is 0 Å². The summed E-state index contributed by atoms with van der Waals surface area (Å²) >= 11 is 0. The molecule has 0 atom stereocenters. The first-order chi connectivity index (χ1) is 9.51. The van der Waals surface area contributed by atoms with E-state index in [0.29, 0.717) is 18.4 Å². The van der Waals surface area contributed by atoms with Gasteiger partial charge in [0.05, 0.1) is 0 Å². The van der Waals surface area contributed by atoms with Crippen molar-refractivity contribution in [2.24, 2.45) is 0 Å². The van der Waals surface area contributed by atoms with Gasteiger partial charge in [0.25, 0.3) is 5.91 Å². The van der Waals surface area contributed by atoms with E-state index < -0.39 is 28.9 Å². The fourth-order valence-electron chi connectivity index (χ4n) is 1.52. The highest BCUT2D eigenvalue weighted by Crippen LogP contribution is 2.16. The molecular formula is C13H7F3N2O2. The summed E-state index contributed by atoms with van der Waals surface area (Å²) in [6.07, 6.45) is 0.453. The number of aromatic nitrogens is 1. The molecule has 0 radical (unpaired) electrons. The van der Waals surface area contributed by atoms with Gasteiger partial charge in [0, 0.05) is 12.1 Å². The second-order valence-corrected chi connectivity index (χ2v) is 3.76.